The second kappa shape index (κ2) is 5.67. The van der Waals surface area contributed by atoms with Gasteiger partial charge in [-0.2, -0.15) is 0 Å². The van der Waals surface area contributed by atoms with E-state index in [0.717, 1.165) is 6.26 Å². The van der Waals surface area contributed by atoms with Crippen LogP contribution in [0.15, 0.2) is 18.2 Å². The van der Waals surface area contributed by atoms with Crippen molar-refractivity contribution in [3.63, 3.8) is 0 Å². The lowest BCUT2D eigenvalue weighted by atomic mass is 10.1. The number of hydrogen-bond acceptors (Lipinski definition) is 4. The molecule has 1 aromatic rings. The third kappa shape index (κ3) is 3.96. The van der Waals surface area contributed by atoms with Crippen molar-refractivity contribution in [1.29, 1.82) is 0 Å². The first-order chi connectivity index (χ1) is 8.22. The number of nitrogens with two attached hydrogens (primary N) is 1. The Labute approximate surface area is 108 Å². The lowest BCUT2D eigenvalue weighted by Crippen LogP contribution is -2.27. The van der Waals surface area contributed by atoms with Crippen LogP contribution in [0.4, 0.5) is 10.1 Å². The molecule has 6 heteroatoms. The Morgan fingerprint density at radius 3 is 2.56 bits per heavy atom. The maximum Gasteiger partial charge on any atom is 0.149 e. The largest absolute Gasteiger partial charge is 0.371 e. The summed E-state index contributed by atoms with van der Waals surface area (Å²) in [5.41, 5.74) is 6.84. The molecule has 0 radical (unpaired) electrons. The molecule has 102 valence electrons. The number of para-hydroxylation sites is 1. The van der Waals surface area contributed by atoms with E-state index in [4.69, 9.17) is 5.73 Å². The first-order valence-electron chi connectivity index (χ1n) is 5.65. The number of hydrogen-bond donors (Lipinski definition) is 1. The number of benzene rings is 1. The highest BCUT2D eigenvalue weighted by molar-refractivity contribution is 7.90. The van der Waals surface area contributed by atoms with Crippen LogP contribution in [0.25, 0.3) is 0 Å². The predicted octanol–water partition coefficient (Wildman–Crippen LogP) is 1.33. The first-order valence-corrected chi connectivity index (χ1v) is 7.71. The van der Waals surface area contributed by atoms with E-state index in [1.165, 1.54) is 6.07 Å². The van der Waals surface area contributed by atoms with Crippen molar-refractivity contribution >= 4 is 15.5 Å². The van der Waals surface area contributed by atoms with E-state index in [1.807, 2.05) is 0 Å². The molecule has 0 heterocycles. The second-order valence-electron chi connectivity index (χ2n) is 4.52. The molecule has 0 amide bonds. The first kappa shape index (κ1) is 14.9. The van der Waals surface area contributed by atoms with Gasteiger partial charge < -0.3 is 10.6 Å². The zero-order valence-corrected chi connectivity index (χ0v) is 11.7. The molecule has 0 unspecified atom stereocenters. The molecule has 2 N–H and O–H groups in total. The Morgan fingerprint density at radius 2 is 2.06 bits per heavy atom. The minimum atomic E-state index is -3.07. The average Bonchev–Trinajstić information content (AvgIpc) is 2.24. The molecule has 0 saturated heterocycles. The van der Waals surface area contributed by atoms with Crippen molar-refractivity contribution in [3.05, 3.63) is 29.6 Å². The second-order valence-corrected chi connectivity index (χ2v) is 6.78. The van der Waals surface area contributed by atoms with Gasteiger partial charge in [0, 0.05) is 25.9 Å². The third-order valence-corrected chi connectivity index (χ3v) is 3.61. The quantitative estimate of drug-likeness (QED) is 0.879. The van der Waals surface area contributed by atoms with Gasteiger partial charge in [-0.25, -0.2) is 12.8 Å². The van der Waals surface area contributed by atoms with E-state index >= 15 is 0 Å². The minimum absolute atomic E-state index is 0.0176. The molecule has 0 aliphatic heterocycles. The molecule has 1 atom stereocenters. The van der Waals surface area contributed by atoms with Crippen LogP contribution < -0.4 is 10.6 Å². The molecule has 1 aromatic carbocycles. The van der Waals surface area contributed by atoms with Gasteiger partial charge in [-0.3, -0.25) is 0 Å². The van der Waals surface area contributed by atoms with Crippen LogP contribution in [0.5, 0.6) is 0 Å². The lowest BCUT2D eigenvalue weighted by Gasteiger charge is -2.24. The van der Waals surface area contributed by atoms with Crippen molar-refractivity contribution < 1.29 is 12.8 Å². The van der Waals surface area contributed by atoms with Gasteiger partial charge in [0.2, 0.25) is 0 Å². The Balaban J connectivity index is 3.01. The van der Waals surface area contributed by atoms with Gasteiger partial charge in [0.25, 0.3) is 0 Å². The van der Waals surface area contributed by atoms with Gasteiger partial charge in [0.1, 0.15) is 15.7 Å². The summed E-state index contributed by atoms with van der Waals surface area (Å²) in [5, 5.41) is 0. The molecule has 0 aliphatic rings. The van der Waals surface area contributed by atoms with Crippen LogP contribution in [0.3, 0.4) is 0 Å². The SMILES string of the molecule is C[C@@H](N)c1cccc(F)c1N(C)CCS(C)(=O)=O. The molecule has 0 bridgehead atoms. The zero-order valence-electron chi connectivity index (χ0n) is 10.9. The minimum Gasteiger partial charge on any atom is -0.371 e. The molecule has 0 spiro atoms. The Kier molecular flexibility index (Phi) is 4.70. The van der Waals surface area contributed by atoms with Crippen LogP contribution in [0, 0.1) is 5.82 Å². The van der Waals surface area contributed by atoms with E-state index in [9.17, 15) is 12.8 Å². The van der Waals surface area contributed by atoms with E-state index in [2.05, 4.69) is 0 Å². The molecule has 1 rings (SSSR count). The van der Waals surface area contributed by atoms with Gasteiger partial charge in [0.15, 0.2) is 0 Å². The van der Waals surface area contributed by atoms with E-state index < -0.39 is 9.84 Å². The lowest BCUT2D eigenvalue weighted by molar-refractivity contribution is 0.598. The smallest absolute Gasteiger partial charge is 0.149 e. The van der Waals surface area contributed by atoms with E-state index in [0.29, 0.717) is 11.3 Å². The fraction of sp³-hybridized carbons (Fsp3) is 0.500. The van der Waals surface area contributed by atoms with Gasteiger partial charge in [-0.1, -0.05) is 12.1 Å². The standard InChI is InChI=1S/C12H19FN2O2S/c1-9(14)10-5-4-6-11(13)12(10)15(2)7-8-18(3,16)17/h4-6,9H,7-8,14H2,1-3H3/t9-/m1/s1. The Bertz CT molecular complexity index is 515. The summed E-state index contributed by atoms with van der Waals surface area (Å²) in [5.74, 6) is -0.406. The maximum atomic E-state index is 13.8. The highest BCUT2D eigenvalue weighted by Gasteiger charge is 2.16. The summed E-state index contributed by atoms with van der Waals surface area (Å²) < 4.78 is 36.1. The Morgan fingerprint density at radius 1 is 1.44 bits per heavy atom. The predicted molar refractivity (Wildman–Crippen MR) is 72.0 cm³/mol. The summed E-state index contributed by atoms with van der Waals surface area (Å²) in [6, 6.07) is 4.39. The third-order valence-electron chi connectivity index (χ3n) is 2.69. The highest BCUT2D eigenvalue weighted by Crippen LogP contribution is 2.27. The van der Waals surface area contributed by atoms with Crippen LogP contribution in [0.1, 0.15) is 18.5 Å². The van der Waals surface area contributed by atoms with Crippen LogP contribution >= 0.6 is 0 Å². The average molecular weight is 274 g/mol. The van der Waals surface area contributed by atoms with Crippen LogP contribution in [-0.4, -0.2) is 34.0 Å². The number of sulfone groups is 1. The number of nitrogens with zero attached hydrogens (tertiary/aromatic N) is 1. The molecule has 4 nitrogen and oxygen atoms in total. The highest BCUT2D eigenvalue weighted by atomic mass is 32.2. The monoisotopic (exact) mass is 274 g/mol. The molecule has 18 heavy (non-hydrogen) atoms. The fourth-order valence-electron chi connectivity index (χ4n) is 1.72. The van der Waals surface area contributed by atoms with Gasteiger partial charge in [-0.05, 0) is 18.6 Å². The topological polar surface area (TPSA) is 63.4 Å². The summed E-state index contributed by atoms with van der Waals surface area (Å²) in [6.07, 6.45) is 1.16. The Hall–Kier alpha value is -1.14. The van der Waals surface area contributed by atoms with Crippen LogP contribution in [0.2, 0.25) is 0 Å². The summed E-state index contributed by atoms with van der Waals surface area (Å²) in [7, 11) is -1.41. The molecule has 0 fully saturated rings. The van der Waals surface area contributed by atoms with Crippen molar-refractivity contribution in [2.24, 2.45) is 5.73 Å². The van der Waals surface area contributed by atoms with Gasteiger partial charge >= 0.3 is 0 Å². The van der Waals surface area contributed by atoms with Crippen molar-refractivity contribution in [2.75, 3.05) is 30.5 Å². The van der Waals surface area contributed by atoms with Gasteiger partial charge in [0.05, 0.1) is 11.4 Å². The maximum absolute atomic E-state index is 13.8. The molecule has 0 aromatic heterocycles. The summed E-state index contributed by atoms with van der Waals surface area (Å²) in [6.45, 7) is 2.00. The molecule has 0 aliphatic carbocycles. The summed E-state index contributed by atoms with van der Waals surface area (Å²) >= 11 is 0. The summed E-state index contributed by atoms with van der Waals surface area (Å²) in [4.78, 5) is 1.59. The zero-order chi connectivity index (χ0) is 13.9. The van der Waals surface area contributed by atoms with Crippen molar-refractivity contribution in [3.8, 4) is 0 Å². The van der Waals surface area contributed by atoms with Gasteiger partial charge in [-0.15, -0.1) is 0 Å². The van der Waals surface area contributed by atoms with Crippen LogP contribution in [-0.2, 0) is 9.84 Å². The van der Waals surface area contributed by atoms with Crippen molar-refractivity contribution in [2.45, 2.75) is 13.0 Å². The van der Waals surface area contributed by atoms with E-state index in [-0.39, 0.29) is 24.2 Å². The van der Waals surface area contributed by atoms with E-state index in [1.54, 1.807) is 31.0 Å². The fourth-order valence-corrected chi connectivity index (χ4v) is 2.32. The molecular formula is C12H19FN2O2S. The number of halogens is 1. The molecule has 0 saturated carbocycles. The normalized spacial score (nSPS) is 13.4. The van der Waals surface area contributed by atoms with Crippen molar-refractivity contribution in [1.82, 2.24) is 0 Å². The number of rotatable bonds is 5. The number of anilines is 1. The molecular weight excluding hydrogens is 255 g/mol.